The maximum atomic E-state index is 13.1. The number of hydrogen-bond donors (Lipinski definition) is 0. The van der Waals surface area contributed by atoms with E-state index in [4.69, 9.17) is 9.47 Å². The van der Waals surface area contributed by atoms with Gasteiger partial charge in [-0.3, -0.25) is 9.59 Å². The molecule has 1 fully saturated rings. The number of benzene rings is 2. The lowest BCUT2D eigenvalue weighted by molar-refractivity contribution is -0.130. The van der Waals surface area contributed by atoms with Gasteiger partial charge in [-0.05, 0) is 56.2 Å². The summed E-state index contributed by atoms with van der Waals surface area (Å²) in [5.41, 5.74) is 1.46. The van der Waals surface area contributed by atoms with Crippen molar-refractivity contribution in [3.05, 3.63) is 76.6 Å². The van der Waals surface area contributed by atoms with Gasteiger partial charge in [0.25, 0.3) is 5.56 Å². The summed E-state index contributed by atoms with van der Waals surface area (Å²) in [6, 6.07) is 18.4. The first-order valence-corrected chi connectivity index (χ1v) is 12.2. The highest BCUT2D eigenvalue weighted by molar-refractivity contribution is 5.79. The molecule has 0 atom stereocenters. The molecule has 8 heteroatoms. The first-order chi connectivity index (χ1) is 17.1. The molecule has 0 radical (unpaired) electrons. The van der Waals surface area contributed by atoms with E-state index >= 15 is 0 Å². The molecule has 0 unspecified atom stereocenters. The zero-order valence-corrected chi connectivity index (χ0v) is 20.4. The fraction of sp³-hybridized carbons (Fsp3) is 0.370. The number of carbonyl (C=O) groups is 1. The Hall–Kier alpha value is -3.81. The minimum Gasteiger partial charge on any atom is -0.490 e. The molecule has 0 aliphatic carbocycles. The first-order valence-electron chi connectivity index (χ1n) is 12.2. The van der Waals surface area contributed by atoms with E-state index in [1.165, 1.54) is 4.68 Å². The second-order valence-electron chi connectivity index (χ2n) is 8.32. The molecule has 3 aromatic rings. The van der Waals surface area contributed by atoms with Gasteiger partial charge in [-0.1, -0.05) is 24.3 Å². The van der Waals surface area contributed by atoms with Gasteiger partial charge in [0.05, 0.1) is 25.3 Å². The Morgan fingerprint density at radius 3 is 2.43 bits per heavy atom. The Balaban J connectivity index is 1.42. The standard InChI is InChI=1S/C27H32N4O4/c1-3-34-23-12-11-21(19-24(23)35-4-2)20-27(33)30-16-8-15-29(17-18-30)25-13-14-26(32)31(28-25)22-9-6-5-7-10-22/h5-7,9-14,19H,3-4,8,15-18,20H2,1-2H3. The summed E-state index contributed by atoms with van der Waals surface area (Å²) in [6.45, 7) is 7.65. The SMILES string of the molecule is CCOc1ccc(CC(=O)N2CCCN(c3ccc(=O)n(-c4ccccc4)n3)CC2)cc1OCC. The van der Waals surface area contributed by atoms with Gasteiger partial charge in [0, 0.05) is 32.2 Å². The molecule has 35 heavy (non-hydrogen) atoms. The van der Waals surface area contributed by atoms with Crippen LogP contribution in [0, 0.1) is 0 Å². The van der Waals surface area contributed by atoms with E-state index in [-0.39, 0.29) is 11.5 Å². The third-order valence-corrected chi connectivity index (χ3v) is 5.92. The second kappa shape index (κ2) is 11.6. The van der Waals surface area contributed by atoms with Crippen molar-refractivity contribution in [2.45, 2.75) is 26.7 Å². The molecule has 0 saturated carbocycles. The van der Waals surface area contributed by atoms with Crippen LogP contribution in [0.2, 0.25) is 0 Å². The number of hydrogen-bond acceptors (Lipinski definition) is 6. The predicted octanol–water partition coefficient (Wildman–Crippen LogP) is 3.31. The van der Waals surface area contributed by atoms with Gasteiger partial charge in [-0.25, -0.2) is 0 Å². The molecule has 1 aliphatic rings. The van der Waals surface area contributed by atoms with Crippen LogP contribution in [-0.4, -0.2) is 60.0 Å². The van der Waals surface area contributed by atoms with Crippen LogP contribution in [0.15, 0.2) is 65.5 Å². The highest BCUT2D eigenvalue weighted by Gasteiger charge is 2.21. The lowest BCUT2D eigenvalue weighted by atomic mass is 10.1. The van der Waals surface area contributed by atoms with Gasteiger partial charge >= 0.3 is 0 Å². The number of amides is 1. The van der Waals surface area contributed by atoms with Crippen LogP contribution in [0.4, 0.5) is 5.82 Å². The smallest absolute Gasteiger partial charge is 0.271 e. The molecule has 0 N–H and O–H groups in total. The van der Waals surface area contributed by atoms with Gasteiger partial charge in [0.2, 0.25) is 5.91 Å². The molecule has 8 nitrogen and oxygen atoms in total. The Bertz CT molecular complexity index is 1200. The van der Waals surface area contributed by atoms with Gasteiger partial charge in [-0.2, -0.15) is 4.68 Å². The number of rotatable bonds is 8. The van der Waals surface area contributed by atoms with Crippen molar-refractivity contribution in [3.63, 3.8) is 0 Å². The average Bonchev–Trinajstić information content (AvgIpc) is 3.13. The maximum Gasteiger partial charge on any atom is 0.271 e. The van der Waals surface area contributed by atoms with Crippen molar-refractivity contribution in [1.82, 2.24) is 14.7 Å². The summed E-state index contributed by atoms with van der Waals surface area (Å²) >= 11 is 0. The molecule has 1 saturated heterocycles. The number of carbonyl (C=O) groups excluding carboxylic acids is 1. The summed E-state index contributed by atoms with van der Waals surface area (Å²) in [6.07, 6.45) is 1.13. The lowest BCUT2D eigenvalue weighted by Gasteiger charge is -2.23. The normalized spacial score (nSPS) is 13.9. The van der Waals surface area contributed by atoms with E-state index in [1.54, 1.807) is 12.1 Å². The van der Waals surface area contributed by atoms with Crippen LogP contribution in [-0.2, 0) is 11.2 Å². The van der Waals surface area contributed by atoms with Gasteiger partial charge in [0.1, 0.15) is 5.82 Å². The summed E-state index contributed by atoms with van der Waals surface area (Å²) < 4.78 is 12.8. The van der Waals surface area contributed by atoms with Crippen molar-refractivity contribution >= 4 is 11.7 Å². The largest absolute Gasteiger partial charge is 0.490 e. The highest BCUT2D eigenvalue weighted by Crippen LogP contribution is 2.29. The molecule has 2 aromatic carbocycles. The van der Waals surface area contributed by atoms with Crippen molar-refractivity contribution < 1.29 is 14.3 Å². The molecule has 1 aliphatic heterocycles. The highest BCUT2D eigenvalue weighted by atomic mass is 16.5. The molecule has 2 heterocycles. The molecular weight excluding hydrogens is 444 g/mol. The number of ether oxygens (including phenoxy) is 2. The second-order valence-corrected chi connectivity index (χ2v) is 8.32. The topological polar surface area (TPSA) is 76.9 Å². The maximum absolute atomic E-state index is 13.1. The number of aromatic nitrogens is 2. The summed E-state index contributed by atoms with van der Waals surface area (Å²) in [5, 5.41) is 4.60. The van der Waals surface area contributed by atoms with E-state index in [1.807, 2.05) is 67.3 Å². The van der Waals surface area contributed by atoms with Crippen molar-refractivity contribution in [2.75, 3.05) is 44.3 Å². The molecule has 0 spiro atoms. The Labute approximate surface area is 205 Å². The molecule has 0 bridgehead atoms. The van der Waals surface area contributed by atoms with Gasteiger partial charge in [-0.15, -0.1) is 5.10 Å². The molecule has 184 valence electrons. The van der Waals surface area contributed by atoms with Crippen LogP contribution < -0.4 is 19.9 Å². The molecular formula is C27H32N4O4. The van der Waals surface area contributed by atoms with Crippen molar-refractivity contribution in [2.24, 2.45) is 0 Å². The van der Waals surface area contributed by atoms with E-state index in [9.17, 15) is 9.59 Å². The minimum absolute atomic E-state index is 0.0840. The molecule has 1 aromatic heterocycles. The van der Waals surface area contributed by atoms with Crippen LogP contribution in [0.5, 0.6) is 11.5 Å². The average molecular weight is 477 g/mol. The monoisotopic (exact) mass is 476 g/mol. The van der Waals surface area contributed by atoms with Crippen LogP contribution in [0.3, 0.4) is 0 Å². The minimum atomic E-state index is -0.173. The van der Waals surface area contributed by atoms with E-state index in [0.29, 0.717) is 50.8 Å². The molecule has 4 rings (SSSR count). The van der Waals surface area contributed by atoms with Gasteiger partial charge < -0.3 is 19.3 Å². The van der Waals surface area contributed by atoms with Crippen LogP contribution >= 0.6 is 0 Å². The van der Waals surface area contributed by atoms with Crippen molar-refractivity contribution in [3.8, 4) is 17.2 Å². The Morgan fingerprint density at radius 1 is 0.886 bits per heavy atom. The number of anilines is 1. The third-order valence-electron chi connectivity index (χ3n) is 5.92. The zero-order valence-electron chi connectivity index (χ0n) is 20.4. The fourth-order valence-electron chi connectivity index (χ4n) is 4.21. The lowest BCUT2D eigenvalue weighted by Crippen LogP contribution is -2.36. The Morgan fingerprint density at radius 2 is 1.66 bits per heavy atom. The predicted molar refractivity (Wildman–Crippen MR) is 136 cm³/mol. The van der Waals surface area contributed by atoms with Crippen LogP contribution in [0.1, 0.15) is 25.8 Å². The number of nitrogens with zero attached hydrogens (tertiary/aromatic N) is 4. The quantitative estimate of drug-likeness (QED) is 0.497. The van der Waals surface area contributed by atoms with E-state index < -0.39 is 0 Å². The van der Waals surface area contributed by atoms with Crippen LogP contribution in [0.25, 0.3) is 5.69 Å². The zero-order chi connectivity index (χ0) is 24.6. The van der Waals surface area contributed by atoms with Crippen molar-refractivity contribution in [1.29, 1.82) is 0 Å². The van der Waals surface area contributed by atoms with E-state index in [2.05, 4.69) is 10.00 Å². The fourth-order valence-corrected chi connectivity index (χ4v) is 4.21. The summed E-state index contributed by atoms with van der Waals surface area (Å²) in [7, 11) is 0. The molecule has 1 amide bonds. The summed E-state index contributed by atoms with van der Waals surface area (Å²) in [4.78, 5) is 29.5. The number of para-hydroxylation sites is 1. The van der Waals surface area contributed by atoms with Gasteiger partial charge in [0.15, 0.2) is 11.5 Å². The van der Waals surface area contributed by atoms with E-state index in [0.717, 1.165) is 30.0 Å². The summed E-state index contributed by atoms with van der Waals surface area (Å²) in [5.74, 6) is 2.18. The third kappa shape index (κ3) is 6.01. The first kappa shape index (κ1) is 24.3. The Kier molecular flexibility index (Phi) is 8.03.